The van der Waals surface area contributed by atoms with E-state index in [4.69, 9.17) is 4.43 Å². The Morgan fingerprint density at radius 2 is 1.64 bits per heavy atom. The Balaban J connectivity index is 1.74. The molecule has 1 aliphatic rings. The van der Waals surface area contributed by atoms with E-state index in [-0.39, 0.29) is 17.9 Å². The van der Waals surface area contributed by atoms with Crippen LogP contribution in [-0.4, -0.2) is 36.4 Å². The van der Waals surface area contributed by atoms with Crippen molar-refractivity contribution >= 4 is 19.4 Å². The monoisotopic (exact) mass is 468 g/mol. The summed E-state index contributed by atoms with van der Waals surface area (Å²) in [4.78, 5) is 26.4. The van der Waals surface area contributed by atoms with Crippen molar-refractivity contribution in [1.82, 2.24) is 9.55 Å². The number of H-pyrrole nitrogens is 1. The first-order valence-corrected chi connectivity index (χ1v) is 12.7. The van der Waals surface area contributed by atoms with Crippen LogP contribution in [-0.2, 0) is 9.96 Å². The molecule has 4 rings (SSSR count). The Labute approximate surface area is 193 Å². The number of nitrogens with one attached hydrogen (secondary N) is 1. The van der Waals surface area contributed by atoms with Gasteiger partial charge in [-0.05, 0) is 28.1 Å². The average molecular weight is 469 g/mol. The maximum atomic E-state index is 14.2. The van der Waals surface area contributed by atoms with Crippen LogP contribution in [0.15, 0.2) is 76.4 Å². The number of benzene rings is 2. The summed E-state index contributed by atoms with van der Waals surface area (Å²) in [7, 11) is -2.17. The van der Waals surface area contributed by atoms with Crippen LogP contribution in [0.1, 0.15) is 27.2 Å². The van der Waals surface area contributed by atoms with E-state index in [0.717, 1.165) is 21.1 Å². The predicted molar refractivity (Wildman–Crippen MR) is 128 cm³/mol. The highest BCUT2D eigenvalue weighted by Gasteiger charge is 2.59. The minimum Gasteiger partial charge on any atom is -0.408 e. The summed E-state index contributed by atoms with van der Waals surface area (Å²) in [5.41, 5.74) is -3.22. The summed E-state index contributed by atoms with van der Waals surface area (Å²) in [5.74, 6) is -1.18. The van der Waals surface area contributed by atoms with Gasteiger partial charge in [0.1, 0.15) is 0 Å². The third-order valence-corrected chi connectivity index (χ3v) is 9.18. The predicted octanol–water partition coefficient (Wildman–Crippen LogP) is 1.35. The topological polar surface area (TPSA) is 84.3 Å². The molecule has 0 aliphatic heterocycles. The largest absolute Gasteiger partial charge is 0.408 e. The van der Waals surface area contributed by atoms with Gasteiger partial charge in [-0.1, -0.05) is 81.4 Å². The zero-order valence-corrected chi connectivity index (χ0v) is 20.1. The number of rotatable bonds is 6. The van der Waals surface area contributed by atoms with Crippen molar-refractivity contribution in [1.29, 1.82) is 0 Å². The Morgan fingerprint density at radius 1 is 1.09 bits per heavy atom. The number of aliphatic hydroxyl groups is 1. The normalized spacial score (nSPS) is 22.8. The van der Waals surface area contributed by atoms with E-state index in [9.17, 15) is 19.1 Å². The first-order chi connectivity index (χ1) is 15.6. The molecule has 2 aromatic carbocycles. The summed E-state index contributed by atoms with van der Waals surface area (Å²) in [6.07, 6.45) is 0.379. The van der Waals surface area contributed by atoms with Gasteiger partial charge < -0.3 is 9.53 Å². The van der Waals surface area contributed by atoms with Crippen LogP contribution in [0, 0.1) is 17.2 Å². The third-order valence-electron chi connectivity index (χ3n) is 6.70. The van der Waals surface area contributed by atoms with Crippen molar-refractivity contribution in [3.63, 3.8) is 0 Å². The van der Waals surface area contributed by atoms with Gasteiger partial charge in [-0.3, -0.25) is 14.3 Å². The number of halogens is 1. The summed E-state index contributed by atoms with van der Waals surface area (Å²) in [6.45, 7) is 6.08. The molecule has 0 saturated heterocycles. The molecule has 33 heavy (non-hydrogen) atoms. The molecular formula is C25H29FN2O4Si. The second kappa shape index (κ2) is 8.85. The number of aromatic amines is 1. The lowest BCUT2D eigenvalue weighted by Crippen LogP contribution is -2.68. The number of nitrogens with zero attached hydrogens (tertiary/aromatic N) is 1. The van der Waals surface area contributed by atoms with Crippen LogP contribution in [0.25, 0.3) is 0 Å². The van der Waals surface area contributed by atoms with E-state index in [1.165, 1.54) is 0 Å². The van der Waals surface area contributed by atoms with Gasteiger partial charge in [0, 0.05) is 0 Å². The van der Waals surface area contributed by atoms with Gasteiger partial charge in [-0.15, -0.1) is 0 Å². The Bertz CT molecular complexity index is 1180. The lowest BCUT2D eigenvalue weighted by atomic mass is 9.56. The highest BCUT2D eigenvalue weighted by atomic mass is 28.3. The van der Waals surface area contributed by atoms with Gasteiger partial charge in [0.05, 0.1) is 24.4 Å². The van der Waals surface area contributed by atoms with Crippen molar-refractivity contribution in [2.24, 2.45) is 11.3 Å². The summed E-state index contributed by atoms with van der Waals surface area (Å²) >= 11 is 0. The number of hydrogen-bond donors (Lipinski definition) is 2. The number of aromatic nitrogens is 2. The fraction of sp³-hybridized carbons (Fsp3) is 0.360. The van der Waals surface area contributed by atoms with Gasteiger partial charge in [-0.25, -0.2) is 4.79 Å². The molecule has 0 spiro atoms. The van der Waals surface area contributed by atoms with Crippen LogP contribution < -0.4 is 21.6 Å². The van der Waals surface area contributed by atoms with E-state index in [1.54, 1.807) is 0 Å². The molecule has 1 heterocycles. The van der Waals surface area contributed by atoms with Crippen molar-refractivity contribution in [3.05, 3.63) is 93.5 Å². The summed E-state index contributed by atoms with van der Waals surface area (Å²) < 4.78 is 21.9. The minimum atomic E-state index is -2.17. The van der Waals surface area contributed by atoms with E-state index in [2.05, 4.69) is 0 Å². The molecule has 1 saturated carbocycles. The fourth-order valence-corrected chi connectivity index (χ4v) is 7.08. The molecule has 1 aliphatic carbocycles. The molecule has 0 amide bonds. The molecular weight excluding hydrogens is 439 g/mol. The average Bonchev–Trinajstić information content (AvgIpc) is 2.78. The zero-order valence-electron chi connectivity index (χ0n) is 19.0. The quantitative estimate of drug-likeness (QED) is 0.535. The molecule has 1 aromatic heterocycles. The smallest absolute Gasteiger partial charge is 0.329 e. The van der Waals surface area contributed by atoms with Crippen molar-refractivity contribution in [2.45, 2.75) is 38.8 Å². The molecule has 174 valence electrons. The Kier molecular flexibility index (Phi) is 6.26. The van der Waals surface area contributed by atoms with Gasteiger partial charge in [0.25, 0.3) is 5.56 Å². The number of hydrogen-bond acceptors (Lipinski definition) is 4. The molecule has 0 radical (unpaired) electrons. The number of aliphatic hydroxyl groups excluding tert-OH is 1. The first kappa shape index (κ1) is 23.3. The molecule has 0 unspecified atom stereocenters. The van der Waals surface area contributed by atoms with Gasteiger partial charge in [0.15, 0.2) is 0 Å². The molecule has 2 N–H and O–H groups in total. The second-order valence-corrected chi connectivity index (χ2v) is 12.3. The maximum Gasteiger partial charge on any atom is 0.329 e. The van der Waals surface area contributed by atoms with Crippen LogP contribution in [0.3, 0.4) is 0 Å². The Morgan fingerprint density at radius 3 is 2.12 bits per heavy atom. The van der Waals surface area contributed by atoms with Crippen molar-refractivity contribution in [2.75, 3.05) is 6.61 Å². The summed E-state index contributed by atoms with van der Waals surface area (Å²) in [6, 6.07) is 19.7. The van der Waals surface area contributed by atoms with E-state index in [1.807, 2.05) is 86.4 Å². The molecule has 3 atom stereocenters. The molecule has 6 nitrogen and oxygen atoms in total. The highest BCUT2D eigenvalue weighted by molar-refractivity contribution is 6.80. The second-order valence-electron chi connectivity index (χ2n) is 9.84. The summed E-state index contributed by atoms with van der Waals surface area (Å²) in [5, 5.41) is 13.4. The minimum absolute atomic E-state index is 0.0206. The van der Waals surface area contributed by atoms with Crippen LogP contribution >= 0.6 is 0 Å². The Hall–Kier alpha value is -2.81. The standard InChI is InChI=1S/C25H29FN2O4Si/c1-24(2,3)19-14-25(21(19)29,28-15-20(26)22(30)27-23(28)31)16-32-33(17-10-6-4-7-11-17)18-12-8-5-9-13-18/h4-13,15,19,21,29,33H,14,16H2,1-3H3,(H,27,30,31)/t19-,21-,25+/m1/s1. The van der Waals surface area contributed by atoms with Crippen LogP contribution in [0.2, 0.25) is 0 Å². The fourth-order valence-electron chi connectivity index (χ4n) is 4.71. The van der Waals surface area contributed by atoms with Crippen molar-refractivity contribution in [3.8, 4) is 0 Å². The van der Waals surface area contributed by atoms with E-state index in [0.29, 0.717) is 6.42 Å². The first-order valence-electron chi connectivity index (χ1n) is 11.0. The molecule has 1 fully saturated rings. The van der Waals surface area contributed by atoms with Gasteiger partial charge in [-0.2, -0.15) is 4.39 Å². The lowest BCUT2D eigenvalue weighted by molar-refractivity contribution is -0.163. The van der Waals surface area contributed by atoms with E-state index >= 15 is 0 Å². The van der Waals surface area contributed by atoms with Gasteiger partial charge >= 0.3 is 5.69 Å². The SMILES string of the molecule is CC(C)(C)[C@@H]1C[C@@](CO[SiH](c2ccccc2)c2ccccc2)(n2cc(F)c(=O)[nH]c2=O)[C@@H]1O. The molecule has 3 aromatic rings. The lowest BCUT2D eigenvalue weighted by Gasteiger charge is -2.57. The van der Waals surface area contributed by atoms with Crippen LogP contribution in [0.4, 0.5) is 4.39 Å². The molecule has 8 heteroatoms. The third kappa shape index (κ3) is 4.38. The molecule has 0 bridgehead atoms. The van der Waals surface area contributed by atoms with Crippen LogP contribution in [0.5, 0.6) is 0 Å². The van der Waals surface area contributed by atoms with Gasteiger partial charge in [0.2, 0.25) is 14.9 Å². The zero-order chi connectivity index (χ0) is 23.8. The maximum absolute atomic E-state index is 14.2. The van der Waals surface area contributed by atoms with E-state index < -0.39 is 37.7 Å². The van der Waals surface area contributed by atoms with Crippen molar-refractivity contribution < 1.29 is 13.9 Å². The highest BCUT2D eigenvalue weighted by Crippen LogP contribution is 2.51.